The molecule has 0 saturated heterocycles. The van der Waals surface area contributed by atoms with Gasteiger partial charge in [0.2, 0.25) is 0 Å². The molecular weight excluding hydrogens is 404 g/mol. The van der Waals surface area contributed by atoms with Crippen LogP contribution in [0.5, 0.6) is 0 Å². The molecule has 1 amide bonds. The lowest BCUT2D eigenvalue weighted by Gasteiger charge is -2.23. The van der Waals surface area contributed by atoms with Crippen molar-refractivity contribution in [3.05, 3.63) is 56.9 Å². The zero-order valence-electron chi connectivity index (χ0n) is 20.1. The van der Waals surface area contributed by atoms with Gasteiger partial charge >= 0.3 is 5.69 Å². The number of benzene rings is 1. The summed E-state index contributed by atoms with van der Waals surface area (Å²) in [5.74, 6) is 0.0687. The van der Waals surface area contributed by atoms with Crippen LogP contribution in [0, 0.1) is 24.0 Å². The Morgan fingerprint density at radius 1 is 1.03 bits per heavy atom. The Balaban J connectivity index is 2.14. The number of hydrogen-bond acceptors (Lipinski definition) is 4. The number of aromatic nitrogens is 2. The van der Waals surface area contributed by atoms with Crippen LogP contribution in [0.2, 0.25) is 0 Å². The number of hydrogen-bond donors (Lipinski definition) is 0. The zero-order chi connectivity index (χ0) is 23.5. The Hall–Kier alpha value is -2.70. The summed E-state index contributed by atoms with van der Waals surface area (Å²) >= 11 is 0. The SMILES string of the molecule is CCCCCCN(CCCCCC)C(=O)c1cccc(Cn2nc(C)c([N+](=O)[O-])c2C)c1. The highest BCUT2D eigenvalue weighted by molar-refractivity contribution is 5.94. The van der Waals surface area contributed by atoms with E-state index in [0.717, 1.165) is 44.3 Å². The number of carbonyl (C=O) groups excluding carboxylic acids is 1. The molecule has 0 radical (unpaired) electrons. The minimum atomic E-state index is -0.386. The number of unbranched alkanes of at least 4 members (excludes halogenated alkanes) is 6. The zero-order valence-corrected chi connectivity index (χ0v) is 20.1. The Kier molecular flexibility index (Phi) is 10.4. The highest BCUT2D eigenvalue weighted by atomic mass is 16.6. The standard InChI is InChI=1S/C25H38N4O3/c1-5-7-9-11-16-27(17-12-10-8-6-2)25(30)23-15-13-14-22(18-23)19-28-21(4)24(29(31)32)20(3)26-28/h13-15,18H,5-12,16-17,19H2,1-4H3. The summed E-state index contributed by atoms with van der Waals surface area (Å²) in [4.78, 5) is 26.2. The third-order valence-corrected chi connectivity index (χ3v) is 5.88. The first-order valence-electron chi connectivity index (χ1n) is 12.0. The molecule has 2 rings (SSSR count). The molecular formula is C25H38N4O3. The third-order valence-electron chi connectivity index (χ3n) is 5.88. The van der Waals surface area contributed by atoms with Crippen LogP contribution < -0.4 is 0 Å². The highest BCUT2D eigenvalue weighted by Crippen LogP contribution is 2.23. The normalized spacial score (nSPS) is 11.0. The van der Waals surface area contributed by atoms with Gasteiger partial charge in [0.05, 0.1) is 11.5 Å². The molecule has 0 atom stereocenters. The summed E-state index contributed by atoms with van der Waals surface area (Å²) in [6.45, 7) is 9.72. The maximum atomic E-state index is 13.3. The van der Waals surface area contributed by atoms with Gasteiger partial charge in [-0.05, 0) is 44.4 Å². The van der Waals surface area contributed by atoms with E-state index in [1.54, 1.807) is 18.5 Å². The van der Waals surface area contributed by atoms with Crippen molar-refractivity contribution in [3.8, 4) is 0 Å². The van der Waals surface area contributed by atoms with E-state index < -0.39 is 0 Å². The van der Waals surface area contributed by atoms with Crippen LogP contribution in [0.25, 0.3) is 0 Å². The molecule has 1 heterocycles. The maximum absolute atomic E-state index is 13.3. The Bertz CT molecular complexity index is 879. The second-order valence-corrected chi connectivity index (χ2v) is 8.55. The van der Waals surface area contributed by atoms with Crippen LogP contribution in [0.4, 0.5) is 5.69 Å². The Labute approximate surface area is 192 Å². The van der Waals surface area contributed by atoms with Crippen LogP contribution in [-0.2, 0) is 6.54 Å². The van der Waals surface area contributed by atoms with Gasteiger partial charge in [-0.15, -0.1) is 0 Å². The average Bonchev–Trinajstić information content (AvgIpc) is 3.05. The predicted octanol–water partition coefficient (Wildman–Crippen LogP) is 6.06. The maximum Gasteiger partial charge on any atom is 0.312 e. The van der Waals surface area contributed by atoms with E-state index in [9.17, 15) is 14.9 Å². The summed E-state index contributed by atoms with van der Waals surface area (Å²) in [5, 5.41) is 15.6. The van der Waals surface area contributed by atoms with Gasteiger partial charge in [-0.25, -0.2) is 0 Å². The number of nitro groups is 1. The van der Waals surface area contributed by atoms with Gasteiger partial charge in [0.15, 0.2) is 0 Å². The Morgan fingerprint density at radius 2 is 1.66 bits per heavy atom. The third kappa shape index (κ3) is 7.18. The molecule has 32 heavy (non-hydrogen) atoms. The molecule has 0 spiro atoms. The topological polar surface area (TPSA) is 81.3 Å². The van der Waals surface area contributed by atoms with Crippen molar-refractivity contribution in [2.24, 2.45) is 0 Å². The molecule has 7 heteroatoms. The minimum Gasteiger partial charge on any atom is -0.339 e. The average molecular weight is 443 g/mol. The molecule has 0 aliphatic rings. The van der Waals surface area contributed by atoms with Crippen LogP contribution in [0.1, 0.15) is 92.5 Å². The molecule has 7 nitrogen and oxygen atoms in total. The largest absolute Gasteiger partial charge is 0.339 e. The summed E-state index contributed by atoms with van der Waals surface area (Å²) in [7, 11) is 0. The molecule has 1 aromatic carbocycles. The van der Waals surface area contributed by atoms with E-state index >= 15 is 0 Å². The monoisotopic (exact) mass is 442 g/mol. The van der Waals surface area contributed by atoms with Crippen LogP contribution in [0.15, 0.2) is 24.3 Å². The van der Waals surface area contributed by atoms with Gasteiger partial charge in [-0.3, -0.25) is 19.6 Å². The molecule has 0 N–H and O–H groups in total. The van der Waals surface area contributed by atoms with Crippen molar-refractivity contribution in [3.63, 3.8) is 0 Å². The molecule has 0 aliphatic heterocycles. The molecule has 176 valence electrons. The summed E-state index contributed by atoms with van der Waals surface area (Å²) in [5.41, 5.74) is 2.57. The number of carbonyl (C=O) groups is 1. The first-order valence-corrected chi connectivity index (χ1v) is 12.0. The van der Waals surface area contributed by atoms with Crippen molar-refractivity contribution < 1.29 is 9.72 Å². The molecule has 0 fully saturated rings. The Morgan fingerprint density at radius 3 is 2.19 bits per heavy atom. The van der Waals surface area contributed by atoms with Gasteiger partial charge < -0.3 is 4.90 Å². The van der Waals surface area contributed by atoms with Crippen molar-refractivity contribution in [1.82, 2.24) is 14.7 Å². The second-order valence-electron chi connectivity index (χ2n) is 8.55. The van der Waals surface area contributed by atoms with Gasteiger partial charge in [0.1, 0.15) is 11.4 Å². The summed E-state index contributed by atoms with van der Waals surface area (Å²) < 4.78 is 1.64. The van der Waals surface area contributed by atoms with Crippen molar-refractivity contribution in [2.75, 3.05) is 13.1 Å². The fourth-order valence-corrected chi connectivity index (χ4v) is 4.04. The van der Waals surface area contributed by atoms with Crippen molar-refractivity contribution >= 4 is 11.6 Å². The van der Waals surface area contributed by atoms with Gasteiger partial charge in [-0.2, -0.15) is 5.10 Å². The van der Waals surface area contributed by atoms with E-state index in [4.69, 9.17) is 0 Å². The fourth-order valence-electron chi connectivity index (χ4n) is 4.04. The van der Waals surface area contributed by atoms with E-state index in [1.165, 1.54) is 25.7 Å². The van der Waals surface area contributed by atoms with Gasteiger partial charge in [-0.1, -0.05) is 64.5 Å². The highest BCUT2D eigenvalue weighted by Gasteiger charge is 2.22. The van der Waals surface area contributed by atoms with E-state index in [1.807, 2.05) is 29.2 Å². The fraction of sp³-hybridized carbons (Fsp3) is 0.600. The molecule has 1 aromatic heterocycles. The predicted molar refractivity (Wildman–Crippen MR) is 128 cm³/mol. The summed E-state index contributed by atoms with van der Waals surface area (Å²) in [6, 6.07) is 7.58. The quantitative estimate of drug-likeness (QED) is 0.202. The van der Waals surface area contributed by atoms with Crippen molar-refractivity contribution in [1.29, 1.82) is 0 Å². The van der Waals surface area contributed by atoms with Gasteiger partial charge in [0, 0.05) is 18.7 Å². The van der Waals surface area contributed by atoms with E-state index in [2.05, 4.69) is 18.9 Å². The number of rotatable bonds is 14. The molecule has 0 bridgehead atoms. The van der Waals surface area contributed by atoms with E-state index in [0.29, 0.717) is 23.5 Å². The van der Waals surface area contributed by atoms with Crippen LogP contribution >= 0.6 is 0 Å². The first kappa shape index (κ1) is 25.6. The van der Waals surface area contributed by atoms with Crippen LogP contribution in [-0.4, -0.2) is 38.6 Å². The number of nitrogens with zero attached hydrogens (tertiary/aromatic N) is 4. The second kappa shape index (κ2) is 13.0. The van der Waals surface area contributed by atoms with Crippen molar-refractivity contribution in [2.45, 2.75) is 85.6 Å². The molecule has 0 saturated carbocycles. The molecule has 2 aromatic rings. The lowest BCUT2D eigenvalue weighted by molar-refractivity contribution is -0.386. The number of amides is 1. The number of aryl methyl sites for hydroxylation is 1. The lowest BCUT2D eigenvalue weighted by Crippen LogP contribution is -2.33. The lowest BCUT2D eigenvalue weighted by atomic mass is 10.1. The molecule has 0 aliphatic carbocycles. The van der Waals surface area contributed by atoms with Gasteiger partial charge in [0.25, 0.3) is 5.91 Å². The smallest absolute Gasteiger partial charge is 0.312 e. The van der Waals surface area contributed by atoms with Crippen LogP contribution in [0.3, 0.4) is 0 Å². The first-order chi connectivity index (χ1) is 15.4. The van der Waals surface area contributed by atoms with E-state index in [-0.39, 0.29) is 16.5 Å². The summed E-state index contributed by atoms with van der Waals surface area (Å²) in [6.07, 6.45) is 9.10. The molecule has 0 unspecified atom stereocenters. The minimum absolute atomic E-state index is 0.0579.